The van der Waals surface area contributed by atoms with Crippen LogP contribution in [-0.4, -0.2) is 18.5 Å². The number of benzene rings is 1. The third-order valence-electron chi connectivity index (χ3n) is 3.32. The Labute approximate surface area is 102 Å². The molecule has 1 aliphatic rings. The van der Waals surface area contributed by atoms with Crippen LogP contribution in [0.2, 0.25) is 0 Å². The largest absolute Gasteiger partial charge is 0.368 e. The minimum atomic E-state index is -0.111. The van der Waals surface area contributed by atoms with E-state index in [4.69, 9.17) is 5.84 Å². The Morgan fingerprint density at radius 3 is 3.06 bits per heavy atom. The molecular weight excluding hydrogens is 214 g/mol. The molecule has 0 aromatic heterocycles. The quantitative estimate of drug-likeness (QED) is 0.468. The fourth-order valence-corrected chi connectivity index (χ4v) is 2.46. The molecular formula is C13H19N3O. The van der Waals surface area contributed by atoms with E-state index in [2.05, 4.69) is 35.4 Å². The fourth-order valence-electron chi connectivity index (χ4n) is 2.46. The van der Waals surface area contributed by atoms with Gasteiger partial charge in [-0.1, -0.05) is 18.2 Å². The van der Waals surface area contributed by atoms with Gasteiger partial charge in [0, 0.05) is 24.7 Å². The van der Waals surface area contributed by atoms with Gasteiger partial charge in [0.1, 0.15) is 0 Å². The number of nitrogens with one attached hydrogen (secondary N) is 1. The molecule has 17 heavy (non-hydrogen) atoms. The number of rotatable bonds is 3. The first-order valence-corrected chi connectivity index (χ1v) is 6.06. The van der Waals surface area contributed by atoms with Crippen LogP contribution in [0.15, 0.2) is 24.3 Å². The number of hydrogen-bond acceptors (Lipinski definition) is 3. The number of para-hydroxylation sites is 1. The zero-order valence-corrected chi connectivity index (χ0v) is 10.1. The predicted molar refractivity (Wildman–Crippen MR) is 68.5 cm³/mol. The van der Waals surface area contributed by atoms with Gasteiger partial charge in [0.2, 0.25) is 5.91 Å². The predicted octanol–water partition coefficient (Wildman–Crippen LogP) is 1.21. The summed E-state index contributed by atoms with van der Waals surface area (Å²) in [5.41, 5.74) is 4.83. The summed E-state index contributed by atoms with van der Waals surface area (Å²) in [7, 11) is 0. The first kappa shape index (κ1) is 11.9. The Bertz CT molecular complexity index is 405. The number of nitrogens with two attached hydrogens (primary N) is 1. The van der Waals surface area contributed by atoms with E-state index in [1.54, 1.807) is 0 Å². The third kappa shape index (κ3) is 2.58. The number of anilines is 1. The molecule has 1 aliphatic heterocycles. The van der Waals surface area contributed by atoms with E-state index >= 15 is 0 Å². The van der Waals surface area contributed by atoms with E-state index < -0.39 is 0 Å². The van der Waals surface area contributed by atoms with Crippen LogP contribution in [0.5, 0.6) is 0 Å². The lowest BCUT2D eigenvalue weighted by molar-refractivity contribution is -0.121. The van der Waals surface area contributed by atoms with Crippen LogP contribution in [0.3, 0.4) is 0 Å². The summed E-state index contributed by atoms with van der Waals surface area (Å²) in [6.07, 6.45) is 2.71. The van der Waals surface area contributed by atoms with Crippen molar-refractivity contribution in [2.75, 3.05) is 11.4 Å². The number of fused-ring (bicyclic) bond motifs is 1. The second kappa shape index (κ2) is 5.19. The number of carbonyl (C=O) groups is 1. The van der Waals surface area contributed by atoms with Gasteiger partial charge in [0.25, 0.3) is 0 Å². The van der Waals surface area contributed by atoms with Gasteiger partial charge in [0.15, 0.2) is 0 Å². The Morgan fingerprint density at radius 2 is 2.29 bits per heavy atom. The monoisotopic (exact) mass is 233 g/mol. The summed E-state index contributed by atoms with van der Waals surface area (Å²) < 4.78 is 0. The lowest BCUT2D eigenvalue weighted by Crippen LogP contribution is -2.41. The van der Waals surface area contributed by atoms with Crippen molar-refractivity contribution >= 4 is 11.6 Å². The molecule has 1 aromatic rings. The van der Waals surface area contributed by atoms with Gasteiger partial charge in [-0.3, -0.25) is 10.2 Å². The van der Waals surface area contributed by atoms with Gasteiger partial charge in [0.05, 0.1) is 0 Å². The highest BCUT2D eigenvalue weighted by atomic mass is 16.2. The zero-order chi connectivity index (χ0) is 12.3. The van der Waals surface area contributed by atoms with E-state index in [1.165, 1.54) is 11.3 Å². The summed E-state index contributed by atoms with van der Waals surface area (Å²) in [5, 5.41) is 0. The third-order valence-corrected chi connectivity index (χ3v) is 3.32. The Morgan fingerprint density at radius 1 is 1.53 bits per heavy atom. The molecule has 0 aliphatic carbocycles. The van der Waals surface area contributed by atoms with Crippen LogP contribution in [0.1, 0.15) is 25.3 Å². The Balaban J connectivity index is 2.15. The molecule has 1 atom stereocenters. The molecule has 4 heteroatoms. The maximum Gasteiger partial charge on any atom is 0.235 e. The van der Waals surface area contributed by atoms with Gasteiger partial charge in [-0.15, -0.1) is 0 Å². The van der Waals surface area contributed by atoms with Gasteiger partial charge >= 0.3 is 0 Å². The van der Waals surface area contributed by atoms with Crippen molar-refractivity contribution in [1.29, 1.82) is 0 Å². The van der Waals surface area contributed by atoms with E-state index in [-0.39, 0.29) is 11.9 Å². The lowest BCUT2D eigenvalue weighted by Gasteiger charge is -2.36. The highest BCUT2D eigenvalue weighted by Gasteiger charge is 2.22. The second-order valence-electron chi connectivity index (χ2n) is 4.55. The van der Waals surface area contributed by atoms with Crippen molar-refractivity contribution in [1.82, 2.24) is 5.43 Å². The van der Waals surface area contributed by atoms with Crippen molar-refractivity contribution in [3.05, 3.63) is 29.8 Å². The molecule has 0 radical (unpaired) electrons. The minimum Gasteiger partial charge on any atom is -0.368 e. The second-order valence-corrected chi connectivity index (χ2v) is 4.55. The molecule has 0 bridgehead atoms. The first-order valence-electron chi connectivity index (χ1n) is 6.06. The van der Waals surface area contributed by atoms with Crippen LogP contribution in [0, 0.1) is 0 Å². The molecule has 3 N–H and O–H groups in total. The Hall–Kier alpha value is -1.55. The van der Waals surface area contributed by atoms with Gasteiger partial charge < -0.3 is 4.90 Å². The van der Waals surface area contributed by atoms with Gasteiger partial charge in [-0.25, -0.2) is 5.84 Å². The van der Waals surface area contributed by atoms with Crippen LogP contribution >= 0.6 is 0 Å². The molecule has 2 rings (SSSR count). The highest BCUT2D eigenvalue weighted by Crippen LogP contribution is 2.28. The molecule has 0 spiro atoms. The number of hydrogen-bond donors (Lipinski definition) is 2. The summed E-state index contributed by atoms with van der Waals surface area (Å²) >= 11 is 0. The highest BCUT2D eigenvalue weighted by molar-refractivity contribution is 5.76. The summed E-state index contributed by atoms with van der Waals surface area (Å²) in [4.78, 5) is 13.6. The molecule has 0 saturated heterocycles. The SMILES string of the molecule is CC(CC(=O)NN)N1CCCc2ccccc21. The van der Waals surface area contributed by atoms with Crippen molar-refractivity contribution < 1.29 is 4.79 Å². The molecule has 1 aromatic carbocycles. The van der Waals surface area contributed by atoms with E-state index in [9.17, 15) is 4.79 Å². The number of carbonyl (C=O) groups excluding carboxylic acids is 1. The lowest BCUT2D eigenvalue weighted by atomic mass is 9.99. The van der Waals surface area contributed by atoms with E-state index in [0.29, 0.717) is 6.42 Å². The molecule has 1 unspecified atom stereocenters. The molecule has 1 amide bonds. The van der Waals surface area contributed by atoms with Crippen LogP contribution in [-0.2, 0) is 11.2 Å². The average molecular weight is 233 g/mol. The maximum atomic E-state index is 11.3. The van der Waals surface area contributed by atoms with E-state index in [1.807, 2.05) is 6.07 Å². The van der Waals surface area contributed by atoms with Crippen molar-refractivity contribution in [3.63, 3.8) is 0 Å². The summed E-state index contributed by atoms with van der Waals surface area (Å²) in [6.45, 7) is 3.08. The van der Waals surface area contributed by atoms with Crippen molar-refractivity contribution in [2.24, 2.45) is 5.84 Å². The van der Waals surface area contributed by atoms with Crippen LogP contribution < -0.4 is 16.2 Å². The molecule has 0 saturated carbocycles. The van der Waals surface area contributed by atoms with E-state index in [0.717, 1.165) is 19.4 Å². The molecule has 1 heterocycles. The molecule has 0 fully saturated rings. The number of amides is 1. The molecule has 4 nitrogen and oxygen atoms in total. The van der Waals surface area contributed by atoms with Crippen LogP contribution in [0.4, 0.5) is 5.69 Å². The molecule has 92 valence electrons. The normalized spacial score (nSPS) is 16.2. The fraction of sp³-hybridized carbons (Fsp3) is 0.462. The topological polar surface area (TPSA) is 58.4 Å². The van der Waals surface area contributed by atoms with Crippen molar-refractivity contribution in [3.8, 4) is 0 Å². The van der Waals surface area contributed by atoms with Gasteiger partial charge in [-0.2, -0.15) is 0 Å². The average Bonchev–Trinajstić information content (AvgIpc) is 2.37. The number of hydrazine groups is 1. The number of nitrogens with zero attached hydrogens (tertiary/aromatic N) is 1. The number of aryl methyl sites for hydroxylation is 1. The van der Waals surface area contributed by atoms with Crippen molar-refractivity contribution in [2.45, 2.75) is 32.2 Å². The minimum absolute atomic E-state index is 0.111. The van der Waals surface area contributed by atoms with Crippen LogP contribution in [0.25, 0.3) is 0 Å². The zero-order valence-electron chi connectivity index (χ0n) is 10.1. The summed E-state index contributed by atoms with van der Waals surface area (Å²) in [5.74, 6) is 5.02. The smallest absolute Gasteiger partial charge is 0.235 e. The maximum absolute atomic E-state index is 11.3. The van der Waals surface area contributed by atoms with Gasteiger partial charge in [-0.05, 0) is 31.4 Å². The summed E-state index contributed by atoms with van der Waals surface area (Å²) in [6, 6.07) is 8.59. The first-order chi connectivity index (χ1) is 8.22. The standard InChI is InChI=1S/C13H19N3O/c1-10(9-13(17)15-14)16-8-4-6-11-5-2-3-7-12(11)16/h2-3,5,7,10H,4,6,8-9,14H2,1H3,(H,15,17). The Kier molecular flexibility index (Phi) is 3.64.